The summed E-state index contributed by atoms with van der Waals surface area (Å²) >= 11 is 6.04. The minimum absolute atomic E-state index is 0.221. The largest absolute Gasteiger partial charge is 0.494 e. The van der Waals surface area contributed by atoms with Gasteiger partial charge in [-0.1, -0.05) is 29.8 Å². The summed E-state index contributed by atoms with van der Waals surface area (Å²) in [4.78, 5) is 10.7. The molecule has 0 aliphatic rings. The number of carboxylic acids is 1. The van der Waals surface area contributed by atoms with Gasteiger partial charge in [-0.2, -0.15) is 0 Å². The molecule has 0 saturated heterocycles. The Morgan fingerprint density at radius 3 is 2.48 bits per heavy atom. The van der Waals surface area contributed by atoms with Crippen LogP contribution in [0.1, 0.15) is 22.3 Å². The second-order valence-electron chi connectivity index (χ2n) is 4.91. The lowest BCUT2D eigenvalue weighted by atomic mass is 10.2. The molecule has 0 saturated carbocycles. The molecule has 0 heterocycles. The number of aromatic carboxylic acids is 1. The van der Waals surface area contributed by atoms with E-state index in [1.165, 1.54) is 12.1 Å². The highest BCUT2D eigenvalue weighted by Gasteiger charge is 2.06. The lowest BCUT2D eigenvalue weighted by Crippen LogP contribution is -2.07. The van der Waals surface area contributed by atoms with Gasteiger partial charge < -0.3 is 9.84 Å². The van der Waals surface area contributed by atoms with Crippen LogP contribution in [0, 0.1) is 0 Å². The van der Waals surface area contributed by atoms with Crippen molar-refractivity contribution < 1.29 is 18.8 Å². The number of halogens is 1. The summed E-state index contributed by atoms with van der Waals surface area (Å²) in [6, 6.07) is 13.6. The van der Waals surface area contributed by atoms with Crippen LogP contribution < -0.4 is 4.74 Å². The molecular formula is C17H17ClO4S. The van der Waals surface area contributed by atoms with Crippen molar-refractivity contribution in [2.45, 2.75) is 12.2 Å². The van der Waals surface area contributed by atoms with Crippen molar-refractivity contribution in [1.82, 2.24) is 0 Å². The summed E-state index contributed by atoms with van der Waals surface area (Å²) in [5.41, 5.74) is 1.11. The second-order valence-corrected chi connectivity index (χ2v) is 6.90. The van der Waals surface area contributed by atoms with Crippen molar-refractivity contribution >= 4 is 28.4 Å². The predicted octanol–water partition coefficient (Wildman–Crippen LogP) is 3.76. The Bertz CT molecular complexity index is 685. The number of ether oxygens (including phenoxy) is 1. The lowest BCUT2D eigenvalue weighted by molar-refractivity contribution is 0.0697. The van der Waals surface area contributed by atoms with E-state index in [0.29, 0.717) is 35.3 Å². The zero-order valence-electron chi connectivity index (χ0n) is 12.4. The third-order valence-corrected chi connectivity index (χ3v) is 4.91. The van der Waals surface area contributed by atoms with Crippen LogP contribution in [0.3, 0.4) is 0 Å². The molecule has 0 bridgehead atoms. The minimum atomic E-state index is -0.991. The van der Waals surface area contributed by atoms with Gasteiger partial charge in [0.15, 0.2) is 0 Å². The van der Waals surface area contributed by atoms with Crippen LogP contribution in [-0.2, 0) is 16.6 Å². The van der Waals surface area contributed by atoms with Crippen LogP contribution in [0.15, 0.2) is 48.5 Å². The average Bonchev–Trinajstić information content (AvgIpc) is 2.54. The first-order chi connectivity index (χ1) is 11.1. The highest BCUT2D eigenvalue weighted by atomic mass is 35.5. The van der Waals surface area contributed by atoms with E-state index >= 15 is 0 Å². The smallest absolute Gasteiger partial charge is 0.335 e. The average molecular weight is 353 g/mol. The van der Waals surface area contributed by atoms with E-state index in [4.69, 9.17) is 21.4 Å². The summed E-state index contributed by atoms with van der Waals surface area (Å²) < 4.78 is 17.5. The Morgan fingerprint density at radius 2 is 1.83 bits per heavy atom. The van der Waals surface area contributed by atoms with Gasteiger partial charge in [-0.25, -0.2) is 4.79 Å². The lowest BCUT2D eigenvalue weighted by Gasteiger charge is -2.07. The molecule has 2 rings (SSSR count). The van der Waals surface area contributed by atoms with E-state index in [0.717, 1.165) is 5.56 Å². The fourth-order valence-electron chi connectivity index (χ4n) is 1.96. The molecule has 4 nitrogen and oxygen atoms in total. The maximum Gasteiger partial charge on any atom is 0.335 e. The van der Waals surface area contributed by atoms with Gasteiger partial charge in [0.25, 0.3) is 0 Å². The van der Waals surface area contributed by atoms with Gasteiger partial charge in [0.1, 0.15) is 5.75 Å². The third-order valence-electron chi connectivity index (χ3n) is 3.16. The number of carbonyl (C=O) groups is 1. The van der Waals surface area contributed by atoms with Gasteiger partial charge in [0.05, 0.1) is 12.2 Å². The van der Waals surface area contributed by atoms with Crippen LogP contribution >= 0.6 is 11.6 Å². The standard InChI is InChI=1S/C17H17ClO4S/c18-16-5-2-1-4-14(16)12-23(21)11-3-10-22-15-8-6-13(7-9-15)17(19)20/h1-2,4-9H,3,10-12H2,(H,19,20). The molecule has 0 fully saturated rings. The van der Waals surface area contributed by atoms with Gasteiger partial charge in [-0.05, 0) is 42.3 Å². The van der Waals surface area contributed by atoms with Gasteiger partial charge in [0.2, 0.25) is 0 Å². The Labute approximate surface area is 142 Å². The Morgan fingerprint density at radius 1 is 1.13 bits per heavy atom. The quantitative estimate of drug-likeness (QED) is 0.735. The first-order valence-corrected chi connectivity index (χ1v) is 8.97. The number of hydrogen-bond donors (Lipinski definition) is 1. The van der Waals surface area contributed by atoms with Crippen LogP contribution in [-0.4, -0.2) is 27.6 Å². The van der Waals surface area contributed by atoms with Gasteiger partial charge >= 0.3 is 5.97 Å². The van der Waals surface area contributed by atoms with Crippen LogP contribution in [0.4, 0.5) is 0 Å². The summed E-state index contributed by atoms with van der Waals surface area (Å²) in [5.74, 6) is 0.601. The van der Waals surface area contributed by atoms with E-state index in [1.807, 2.05) is 18.2 Å². The zero-order valence-corrected chi connectivity index (χ0v) is 14.0. The molecule has 0 spiro atoms. The minimum Gasteiger partial charge on any atom is -0.494 e. The molecule has 0 aliphatic carbocycles. The van der Waals surface area contributed by atoms with E-state index in [9.17, 15) is 9.00 Å². The first kappa shape index (κ1) is 17.5. The third kappa shape index (κ3) is 5.69. The summed E-state index contributed by atoms with van der Waals surface area (Å²) in [6.07, 6.45) is 0.651. The molecule has 122 valence electrons. The van der Waals surface area contributed by atoms with Crippen LogP contribution in [0.2, 0.25) is 5.02 Å². The molecule has 2 aromatic rings. The molecule has 0 aliphatic heterocycles. The molecule has 1 atom stereocenters. The van der Waals surface area contributed by atoms with E-state index < -0.39 is 16.8 Å². The number of rotatable bonds is 8. The fraction of sp³-hybridized carbons (Fsp3) is 0.235. The van der Waals surface area contributed by atoms with Crippen molar-refractivity contribution in [1.29, 1.82) is 0 Å². The van der Waals surface area contributed by atoms with Crippen molar-refractivity contribution in [3.63, 3.8) is 0 Å². The molecule has 0 amide bonds. The van der Waals surface area contributed by atoms with Crippen molar-refractivity contribution in [2.75, 3.05) is 12.4 Å². The number of benzene rings is 2. The SMILES string of the molecule is O=C(O)c1ccc(OCCCS(=O)Cc2ccccc2Cl)cc1. The molecule has 1 N–H and O–H groups in total. The fourth-order valence-corrected chi connectivity index (χ4v) is 3.43. The summed E-state index contributed by atoms with van der Waals surface area (Å²) in [6.45, 7) is 0.431. The van der Waals surface area contributed by atoms with Crippen LogP contribution in [0.5, 0.6) is 5.75 Å². The number of hydrogen-bond acceptors (Lipinski definition) is 3. The maximum atomic E-state index is 12.0. The second kappa shape index (κ2) is 8.70. The molecule has 0 aromatic heterocycles. The normalized spacial score (nSPS) is 11.9. The van der Waals surface area contributed by atoms with Crippen molar-refractivity contribution in [3.05, 3.63) is 64.7 Å². The molecule has 23 heavy (non-hydrogen) atoms. The maximum absolute atomic E-state index is 12.0. The Balaban J connectivity index is 1.71. The van der Waals surface area contributed by atoms with E-state index in [1.54, 1.807) is 18.2 Å². The Kier molecular flexibility index (Phi) is 6.62. The molecule has 1 unspecified atom stereocenters. The predicted molar refractivity (Wildman–Crippen MR) is 91.7 cm³/mol. The van der Waals surface area contributed by atoms with Crippen LogP contribution in [0.25, 0.3) is 0 Å². The first-order valence-electron chi connectivity index (χ1n) is 7.11. The van der Waals surface area contributed by atoms with Crippen molar-refractivity contribution in [2.24, 2.45) is 0 Å². The van der Waals surface area contributed by atoms with E-state index in [2.05, 4.69) is 0 Å². The van der Waals surface area contributed by atoms with Gasteiger partial charge in [0, 0.05) is 27.3 Å². The van der Waals surface area contributed by atoms with Gasteiger partial charge in [-0.15, -0.1) is 0 Å². The Hall–Kier alpha value is -1.85. The monoisotopic (exact) mass is 352 g/mol. The number of carboxylic acid groups (broad SMARTS) is 1. The molecule has 2 aromatic carbocycles. The summed E-state index contributed by atoms with van der Waals surface area (Å²) in [7, 11) is -0.991. The van der Waals surface area contributed by atoms with Gasteiger partial charge in [-0.3, -0.25) is 4.21 Å². The van der Waals surface area contributed by atoms with Crippen molar-refractivity contribution in [3.8, 4) is 5.75 Å². The van der Waals surface area contributed by atoms with E-state index in [-0.39, 0.29) is 5.56 Å². The molecule has 0 radical (unpaired) electrons. The zero-order chi connectivity index (χ0) is 16.7. The molecular weight excluding hydrogens is 336 g/mol. The molecule has 6 heteroatoms. The highest BCUT2D eigenvalue weighted by Crippen LogP contribution is 2.17. The summed E-state index contributed by atoms with van der Waals surface area (Å²) in [5, 5.41) is 9.44. The topological polar surface area (TPSA) is 63.6 Å². The highest BCUT2D eigenvalue weighted by molar-refractivity contribution is 7.84.